The first-order valence-electron chi connectivity index (χ1n) is 9.06. The van der Waals surface area contributed by atoms with Crippen LogP contribution in [0.1, 0.15) is 37.7 Å². The number of rotatable bonds is 2. The van der Waals surface area contributed by atoms with Gasteiger partial charge in [-0.05, 0) is 55.9 Å². The molecule has 26 heavy (non-hydrogen) atoms. The zero-order valence-electron chi connectivity index (χ0n) is 14.8. The Balaban J connectivity index is 1.50. The number of aliphatic hydroxyl groups is 1. The van der Waals surface area contributed by atoms with Crippen LogP contribution < -0.4 is 10.6 Å². The minimum atomic E-state index is -0.209. The van der Waals surface area contributed by atoms with Gasteiger partial charge in [-0.15, -0.1) is 0 Å². The van der Waals surface area contributed by atoms with Gasteiger partial charge < -0.3 is 10.4 Å². The van der Waals surface area contributed by atoms with Crippen molar-refractivity contribution in [3.63, 3.8) is 0 Å². The number of carbonyl (C=O) groups excluding carboxylic acids is 1. The first kappa shape index (κ1) is 16.8. The van der Waals surface area contributed by atoms with Gasteiger partial charge in [0, 0.05) is 18.5 Å². The quantitative estimate of drug-likeness (QED) is 0.566. The van der Waals surface area contributed by atoms with Gasteiger partial charge in [0.2, 0.25) is 5.96 Å². The second kappa shape index (κ2) is 6.92. The van der Waals surface area contributed by atoms with Gasteiger partial charge in [0.05, 0.1) is 17.8 Å². The number of aryl methyl sites for hydroxylation is 1. The molecule has 2 aromatic rings. The molecule has 3 N–H and O–H groups in total. The number of aromatic nitrogens is 2. The molecule has 0 bridgehead atoms. The van der Waals surface area contributed by atoms with Gasteiger partial charge in [-0.3, -0.25) is 14.8 Å². The summed E-state index contributed by atoms with van der Waals surface area (Å²) in [7, 11) is 1.90. The Bertz CT molecular complexity index is 898. The maximum Gasteiger partial charge on any atom is 0.276 e. The van der Waals surface area contributed by atoms with Crippen LogP contribution in [0.4, 0.5) is 0 Å². The highest BCUT2D eigenvalue weighted by Gasteiger charge is 2.24. The number of carbonyl (C=O) groups is 1. The number of aliphatic hydroxyl groups excluding tert-OH is 1. The van der Waals surface area contributed by atoms with Gasteiger partial charge >= 0.3 is 0 Å². The highest BCUT2D eigenvalue weighted by Crippen LogP contribution is 2.20. The molecule has 4 rings (SSSR count). The van der Waals surface area contributed by atoms with Crippen molar-refractivity contribution < 1.29 is 9.90 Å². The molecule has 1 aromatic carbocycles. The predicted molar refractivity (Wildman–Crippen MR) is 100 cm³/mol. The molecule has 1 aromatic heterocycles. The lowest BCUT2D eigenvalue weighted by molar-refractivity contribution is -0.115. The third-order valence-corrected chi connectivity index (χ3v) is 5.05. The smallest absolute Gasteiger partial charge is 0.276 e. The van der Waals surface area contributed by atoms with Crippen LogP contribution in [0.2, 0.25) is 0 Å². The first-order chi connectivity index (χ1) is 12.6. The summed E-state index contributed by atoms with van der Waals surface area (Å²) in [5, 5.41) is 21.1. The van der Waals surface area contributed by atoms with E-state index in [1.54, 1.807) is 6.08 Å². The largest absolute Gasteiger partial charge is 0.393 e. The number of aliphatic imine (C=N–C) groups is 1. The number of nitrogens with zero attached hydrogens (tertiary/aromatic N) is 3. The Morgan fingerprint density at radius 3 is 3.08 bits per heavy atom. The maximum atomic E-state index is 12.2. The standard InChI is InChI=1S/C19H23N5O2/c1-24-17-8-5-12(9-13(17)11-20-24)10-16-18(26)23-19(22-16)21-14-3-2-4-15(25)7-6-14/h5,8-11,14-15,25H,2-4,6-7H2,1H3,(H2,21,22,23,26)/b16-10-. The number of hydrogen-bond donors (Lipinski definition) is 3. The molecule has 7 nitrogen and oxygen atoms in total. The van der Waals surface area contributed by atoms with E-state index in [9.17, 15) is 9.90 Å². The highest BCUT2D eigenvalue weighted by atomic mass is 16.3. The number of amides is 1. The predicted octanol–water partition coefficient (Wildman–Crippen LogP) is 1.68. The second-order valence-corrected chi connectivity index (χ2v) is 7.03. The lowest BCUT2D eigenvalue weighted by Crippen LogP contribution is -2.42. The van der Waals surface area contributed by atoms with Gasteiger partial charge in [-0.1, -0.05) is 6.07 Å². The monoisotopic (exact) mass is 353 g/mol. The molecule has 1 aliphatic heterocycles. The summed E-state index contributed by atoms with van der Waals surface area (Å²) in [6.45, 7) is 0. The number of benzene rings is 1. The average Bonchev–Trinajstić information content (AvgIpc) is 3.07. The van der Waals surface area contributed by atoms with Gasteiger partial charge in [0.25, 0.3) is 5.91 Å². The van der Waals surface area contributed by atoms with Gasteiger partial charge in [0.1, 0.15) is 5.70 Å². The van der Waals surface area contributed by atoms with Crippen molar-refractivity contribution in [1.82, 2.24) is 20.4 Å². The first-order valence-corrected chi connectivity index (χ1v) is 9.06. The molecule has 0 radical (unpaired) electrons. The number of guanidine groups is 1. The van der Waals surface area contributed by atoms with E-state index in [2.05, 4.69) is 20.7 Å². The summed E-state index contributed by atoms with van der Waals surface area (Å²) in [6, 6.07) is 6.17. The summed E-state index contributed by atoms with van der Waals surface area (Å²) in [5.41, 5.74) is 2.35. The maximum absolute atomic E-state index is 12.2. The fourth-order valence-corrected chi connectivity index (χ4v) is 3.59. The van der Waals surface area contributed by atoms with E-state index in [-0.39, 0.29) is 18.1 Å². The Kier molecular flexibility index (Phi) is 4.46. The Hall–Kier alpha value is -2.67. The second-order valence-electron chi connectivity index (χ2n) is 7.03. The SMILES string of the molecule is Cn1ncc2cc(/C=C3\N=C(NC4CCCC(O)CC4)NC3=O)ccc21. The number of fused-ring (bicyclic) bond motifs is 1. The molecule has 2 atom stereocenters. The summed E-state index contributed by atoms with van der Waals surface area (Å²) in [5.74, 6) is 0.303. The Morgan fingerprint density at radius 1 is 1.31 bits per heavy atom. The van der Waals surface area contributed by atoms with Crippen molar-refractivity contribution in [2.75, 3.05) is 0 Å². The van der Waals surface area contributed by atoms with E-state index < -0.39 is 0 Å². The molecule has 1 aliphatic carbocycles. The minimum Gasteiger partial charge on any atom is -0.393 e. The molecular weight excluding hydrogens is 330 g/mol. The molecule has 1 amide bonds. The van der Waals surface area contributed by atoms with Crippen LogP contribution in [0.15, 0.2) is 35.1 Å². The van der Waals surface area contributed by atoms with E-state index in [0.29, 0.717) is 11.7 Å². The number of hydrogen-bond acceptors (Lipinski definition) is 5. The summed E-state index contributed by atoms with van der Waals surface area (Å²) >= 11 is 0. The summed E-state index contributed by atoms with van der Waals surface area (Å²) < 4.78 is 1.82. The molecule has 2 heterocycles. The van der Waals surface area contributed by atoms with Crippen molar-refractivity contribution in [3.05, 3.63) is 35.7 Å². The van der Waals surface area contributed by atoms with Crippen LogP contribution in [-0.2, 0) is 11.8 Å². The third-order valence-electron chi connectivity index (χ3n) is 5.05. The molecule has 7 heteroatoms. The Labute approximate surface area is 151 Å². The van der Waals surface area contributed by atoms with E-state index in [0.717, 1.165) is 48.6 Å². The van der Waals surface area contributed by atoms with Crippen molar-refractivity contribution in [1.29, 1.82) is 0 Å². The molecule has 1 fully saturated rings. The van der Waals surface area contributed by atoms with Crippen molar-refractivity contribution in [2.45, 2.75) is 44.2 Å². The van der Waals surface area contributed by atoms with Gasteiger partial charge in [0.15, 0.2) is 0 Å². The number of nitrogens with one attached hydrogen (secondary N) is 2. The van der Waals surface area contributed by atoms with Crippen LogP contribution >= 0.6 is 0 Å². The van der Waals surface area contributed by atoms with Crippen molar-refractivity contribution >= 4 is 28.8 Å². The van der Waals surface area contributed by atoms with Crippen LogP contribution in [0.3, 0.4) is 0 Å². The van der Waals surface area contributed by atoms with Gasteiger partial charge in [-0.25, -0.2) is 4.99 Å². The van der Waals surface area contributed by atoms with Crippen LogP contribution in [-0.4, -0.2) is 38.9 Å². The lowest BCUT2D eigenvalue weighted by atomic mass is 10.1. The van der Waals surface area contributed by atoms with Crippen molar-refractivity contribution in [2.24, 2.45) is 12.0 Å². The zero-order valence-corrected chi connectivity index (χ0v) is 14.8. The van der Waals surface area contributed by atoms with E-state index in [1.807, 2.05) is 36.1 Å². The molecule has 1 saturated carbocycles. The van der Waals surface area contributed by atoms with E-state index in [1.165, 1.54) is 0 Å². The molecule has 2 aliphatic rings. The molecule has 136 valence electrons. The molecule has 0 saturated heterocycles. The lowest BCUT2D eigenvalue weighted by Gasteiger charge is -2.16. The van der Waals surface area contributed by atoms with Crippen molar-refractivity contribution in [3.8, 4) is 0 Å². The molecular formula is C19H23N5O2. The van der Waals surface area contributed by atoms with Gasteiger partial charge in [-0.2, -0.15) is 5.10 Å². The highest BCUT2D eigenvalue weighted by molar-refractivity contribution is 6.13. The van der Waals surface area contributed by atoms with Crippen LogP contribution in [0.5, 0.6) is 0 Å². The van der Waals surface area contributed by atoms with E-state index in [4.69, 9.17) is 0 Å². The third kappa shape index (κ3) is 3.48. The van der Waals surface area contributed by atoms with Crippen LogP contribution in [0, 0.1) is 0 Å². The Morgan fingerprint density at radius 2 is 2.19 bits per heavy atom. The fourth-order valence-electron chi connectivity index (χ4n) is 3.59. The minimum absolute atomic E-state index is 0.201. The topological polar surface area (TPSA) is 91.5 Å². The normalized spacial score (nSPS) is 25.2. The summed E-state index contributed by atoms with van der Waals surface area (Å²) in [4.78, 5) is 16.6. The average molecular weight is 353 g/mol. The molecule has 0 spiro atoms. The van der Waals surface area contributed by atoms with Crippen LogP contribution in [0.25, 0.3) is 17.0 Å². The van der Waals surface area contributed by atoms with E-state index >= 15 is 0 Å². The fraction of sp³-hybridized carbons (Fsp3) is 0.421. The summed E-state index contributed by atoms with van der Waals surface area (Å²) in [6.07, 6.45) is 7.85. The zero-order chi connectivity index (χ0) is 18.1. The molecule has 2 unspecified atom stereocenters.